The van der Waals surface area contributed by atoms with Crippen LogP contribution in [0.2, 0.25) is 0 Å². The summed E-state index contributed by atoms with van der Waals surface area (Å²) in [4.78, 5) is 17.5. The first-order chi connectivity index (χ1) is 4.09. The van der Waals surface area contributed by atoms with Crippen molar-refractivity contribution in [2.24, 2.45) is 0 Å². The van der Waals surface area contributed by atoms with Crippen molar-refractivity contribution in [2.75, 3.05) is 0 Å². The highest BCUT2D eigenvalue weighted by molar-refractivity contribution is 4.42. The van der Waals surface area contributed by atoms with Gasteiger partial charge in [0.25, 0.3) is 0 Å². The molecule has 1 radical (unpaired) electrons. The molecule has 0 aliphatic carbocycles. The largest absolute Gasteiger partial charge is 0.450 e. The second-order valence-electron chi connectivity index (χ2n) is 1.34. The van der Waals surface area contributed by atoms with Crippen LogP contribution >= 0.6 is 0 Å². The Morgan fingerprint density at radius 1 is 1.33 bits per heavy atom. The van der Waals surface area contributed by atoms with Crippen LogP contribution in [0.3, 0.4) is 0 Å². The molecule has 51 valence electrons. The molecule has 0 spiro atoms. The minimum atomic E-state index is -1.75. The number of hydrogen-bond acceptors (Lipinski definition) is 4. The maximum atomic E-state index is 9.70. The molecule has 6 heteroatoms. The van der Waals surface area contributed by atoms with Crippen LogP contribution in [-0.4, -0.2) is 16.0 Å². The van der Waals surface area contributed by atoms with Crippen LogP contribution in [0.15, 0.2) is 0 Å². The predicted octanol–water partition coefficient (Wildman–Crippen LogP) is 0.0901. The number of rotatable bonds is 3. The Balaban J connectivity index is 3.99. The van der Waals surface area contributed by atoms with Gasteiger partial charge in [0, 0.05) is 0 Å². The van der Waals surface area contributed by atoms with Crippen molar-refractivity contribution in [3.05, 3.63) is 27.2 Å². The molecule has 0 unspecified atom stereocenters. The third kappa shape index (κ3) is 2.02. The van der Waals surface area contributed by atoms with Gasteiger partial charge in [-0.2, -0.15) is 0 Å². The molecule has 6 nitrogen and oxygen atoms in total. The van der Waals surface area contributed by atoms with Crippen molar-refractivity contribution in [1.29, 1.82) is 0 Å². The van der Waals surface area contributed by atoms with Gasteiger partial charge in [0.2, 0.25) is 0 Å². The van der Waals surface area contributed by atoms with Gasteiger partial charge in [0.1, 0.15) is 0 Å². The minimum absolute atomic E-state index is 0.319. The fourth-order valence-corrected chi connectivity index (χ4v) is 0.288. The molecule has 9 heavy (non-hydrogen) atoms. The summed E-state index contributed by atoms with van der Waals surface area (Å²) in [5.74, 6) is 0. The van der Waals surface area contributed by atoms with Gasteiger partial charge in [-0.3, -0.25) is 20.2 Å². The van der Waals surface area contributed by atoms with Crippen molar-refractivity contribution in [2.45, 2.75) is 12.6 Å². The molecular formula is C3H5N2O4. The number of hydrogen-bond donors (Lipinski definition) is 0. The van der Waals surface area contributed by atoms with E-state index in [0.29, 0.717) is 0 Å². The second kappa shape index (κ2) is 2.95. The fourth-order valence-electron chi connectivity index (χ4n) is 0.288. The molecule has 0 aliphatic rings. The van der Waals surface area contributed by atoms with Gasteiger partial charge >= 0.3 is 6.17 Å². The summed E-state index contributed by atoms with van der Waals surface area (Å²) in [6.07, 6.45) is -2.06. The second-order valence-corrected chi connectivity index (χ2v) is 1.34. The molecule has 0 aliphatic heterocycles. The van der Waals surface area contributed by atoms with Gasteiger partial charge in [0.15, 0.2) is 0 Å². The van der Waals surface area contributed by atoms with E-state index in [1.54, 1.807) is 0 Å². The van der Waals surface area contributed by atoms with Crippen LogP contribution in [0.1, 0.15) is 6.42 Å². The maximum Gasteiger partial charge on any atom is 0.450 e. The summed E-state index contributed by atoms with van der Waals surface area (Å²) in [7, 11) is 0. The van der Waals surface area contributed by atoms with E-state index in [2.05, 4.69) is 6.92 Å². The highest BCUT2D eigenvalue weighted by Gasteiger charge is 2.28. The Hall–Kier alpha value is -1.20. The standard InChI is InChI=1S/C3H5N2O4/c1-2-3(4(6)7)5(8)9/h3H,1-2H2. The van der Waals surface area contributed by atoms with Gasteiger partial charge in [-0.15, -0.1) is 0 Å². The molecule has 0 aromatic carbocycles. The molecule has 0 rings (SSSR count). The first-order valence-electron chi connectivity index (χ1n) is 2.15. The molecule has 0 amide bonds. The lowest BCUT2D eigenvalue weighted by molar-refractivity contribution is -0.741. The molecule has 0 saturated carbocycles. The highest BCUT2D eigenvalue weighted by Crippen LogP contribution is 1.94. The summed E-state index contributed by atoms with van der Waals surface area (Å²) in [6, 6.07) is 0. The van der Waals surface area contributed by atoms with E-state index in [1.165, 1.54) is 0 Å². The van der Waals surface area contributed by atoms with Crippen LogP contribution in [-0.2, 0) is 0 Å². The number of nitro groups is 2. The Bertz CT molecular complexity index is 120. The van der Waals surface area contributed by atoms with E-state index < -0.39 is 16.0 Å². The average Bonchev–Trinajstić information content (AvgIpc) is 1.64. The van der Waals surface area contributed by atoms with E-state index in [0.717, 1.165) is 0 Å². The lowest BCUT2D eigenvalue weighted by Gasteiger charge is -1.95. The molecule has 0 aromatic heterocycles. The first kappa shape index (κ1) is 7.80. The summed E-state index contributed by atoms with van der Waals surface area (Å²) in [5.41, 5.74) is 0. The normalized spacial score (nSPS) is 9.56. The predicted molar refractivity (Wildman–Crippen MR) is 27.8 cm³/mol. The van der Waals surface area contributed by atoms with Crippen LogP contribution in [0.5, 0.6) is 0 Å². The first-order valence-corrected chi connectivity index (χ1v) is 2.15. The van der Waals surface area contributed by atoms with Gasteiger partial charge in [-0.05, 0) is 6.92 Å². The summed E-state index contributed by atoms with van der Waals surface area (Å²) in [5, 5.41) is 19.4. The molecule has 0 N–H and O–H groups in total. The lowest BCUT2D eigenvalue weighted by atomic mass is 10.4. The zero-order valence-electron chi connectivity index (χ0n) is 4.52. The van der Waals surface area contributed by atoms with E-state index in [4.69, 9.17) is 0 Å². The Morgan fingerprint density at radius 2 is 1.67 bits per heavy atom. The maximum absolute atomic E-state index is 9.70. The van der Waals surface area contributed by atoms with Crippen molar-refractivity contribution in [3.63, 3.8) is 0 Å². The van der Waals surface area contributed by atoms with Crippen LogP contribution in [0, 0.1) is 27.2 Å². The van der Waals surface area contributed by atoms with Gasteiger partial charge < -0.3 is 0 Å². The molecule has 0 saturated heterocycles. The topological polar surface area (TPSA) is 86.3 Å². The summed E-state index contributed by atoms with van der Waals surface area (Å²) < 4.78 is 0. The van der Waals surface area contributed by atoms with Gasteiger partial charge in [0.05, 0.1) is 16.3 Å². The smallest absolute Gasteiger partial charge is 0.259 e. The quantitative estimate of drug-likeness (QED) is 0.310. The zero-order chi connectivity index (χ0) is 7.44. The van der Waals surface area contributed by atoms with E-state index in [9.17, 15) is 20.2 Å². The van der Waals surface area contributed by atoms with Crippen LogP contribution < -0.4 is 0 Å². The lowest BCUT2D eigenvalue weighted by Crippen LogP contribution is -2.27. The van der Waals surface area contributed by atoms with E-state index in [-0.39, 0.29) is 6.42 Å². The minimum Gasteiger partial charge on any atom is -0.259 e. The average molecular weight is 133 g/mol. The van der Waals surface area contributed by atoms with Crippen molar-refractivity contribution in [3.8, 4) is 0 Å². The molecule has 0 bridgehead atoms. The SMILES string of the molecule is [CH2]CC([N+](=O)[O-])[N+](=O)[O-]. The summed E-state index contributed by atoms with van der Waals surface area (Å²) in [6.45, 7) is 3.05. The molecule has 0 atom stereocenters. The molecule has 0 heterocycles. The van der Waals surface area contributed by atoms with Gasteiger partial charge in [-0.25, -0.2) is 0 Å². The van der Waals surface area contributed by atoms with Crippen molar-refractivity contribution < 1.29 is 9.85 Å². The third-order valence-electron chi connectivity index (χ3n) is 0.745. The third-order valence-corrected chi connectivity index (χ3v) is 0.745. The molecule has 0 aromatic rings. The highest BCUT2D eigenvalue weighted by atomic mass is 16.7. The Kier molecular flexibility index (Phi) is 2.56. The molecular weight excluding hydrogens is 128 g/mol. The van der Waals surface area contributed by atoms with Crippen molar-refractivity contribution in [1.82, 2.24) is 0 Å². The zero-order valence-corrected chi connectivity index (χ0v) is 4.52. The van der Waals surface area contributed by atoms with Crippen LogP contribution in [0.25, 0.3) is 0 Å². The number of nitrogens with zero attached hydrogens (tertiary/aromatic N) is 2. The van der Waals surface area contributed by atoms with Gasteiger partial charge in [-0.1, -0.05) is 0 Å². The summed E-state index contributed by atoms with van der Waals surface area (Å²) >= 11 is 0. The van der Waals surface area contributed by atoms with Crippen molar-refractivity contribution >= 4 is 0 Å². The fraction of sp³-hybridized carbons (Fsp3) is 0.667. The Morgan fingerprint density at radius 3 is 1.67 bits per heavy atom. The van der Waals surface area contributed by atoms with E-state index in [1.807, 2.05) is 0 Å². The monoisotopic (exact) mass is 133 g/mol. The Labute approximate surface area is 50.8 Å². The van der Waals surface area contributed by atoms with Crippen LogP contribution in [0.4, 0.5) is 0 Å². The molecule has 0 fully saturated rings. The van der Waals surface area contributed by atoms with E-state index >= 15 is 0 Å².